The number of nitrogens with one attached hydrogen (secondary N) is 1. The maximum atomic E-state index is 13.9. The summed E-state index contributed by atoms with van der Waals surface area (Å²) in [4.78, 5) is 29.1. The first-order valence-electron chi connectivity index (χ1n) is 14.2. The van der Waals surface area contributed by atoms with Crippen LogP contribution in [0.4, 0.5) is 14.5 Å². The summed E-state index contributed by atoms with van der Waals surface area (Å²) in [7, 11) is -3.70. The third-order valence-electron chi connectivity index (χ3n) is 7.51. The molecule has 1 saturated carbocycles. The predicted octanol–water partition coefficient (Wildman–Crippen LogP) is 5.21. The zero-order valence-corrected chi connectivity index (χ0v) is 24.5. The van der Waals surface area contributed by atoms with E-state index in [-0.39, 0.29) is 50.2 Å². The van der Waals surface area contributed by atoms with Crippen LogP contribution in [0.5, 0.6) is 0 Å². The van der Waals surface area contributed by atoms with Crippen molar-refractivity contribution in [2.24, 2.45) is 0 Å². The molecular formula is C32H37F2N3O4S. The molecule has 0 unspecified atom stereocenters. The third-order valence-corrected chi connectivity index (χ3v) is 8.70. The number of sulfonamides is 1. The van der Waals surface area contributed by atoms with Crippen LogP contribution in [-0.2, 0) is 32.6 Å². The highest BCUT2D eigenvalue weighted by atomic mass is 32.2. The number of hydrogen-bond donors (Lipinski definition) is 1. The topological polar surface area (TPSA) is 86.8 Å². The second-order valence-corrected chi connectivity index (χ2v) is 12.7. The number of halogens is 2. The monoisotopic (exact) mass is 597 g/mol. The molecule has 1 fully saturated rings. The highest BCUT2D eigenvalue weighted by molar-refractivity contribution is 7.92. The summed E-state index contributed by atoms with van der Waals surface area (Å²) in [5.74, 6) is -1.46. The molecule has 4 rings (SSSR count). The Morgan fingerprint density at radius 1 is 0.881 bits per heavy atom. The molecule has 0 radical (unpaired) electrons. The average Bonchev–Trinajstić information content (AvgIpc) is 3.47. The zero-order valence-electron chi connectivity index (χ0n) is 23.7. The molecule has 0 aliphatic heterocycles. The maximum Gasteiger partial charge on any atom is 0.243 e. The van der Waals surface area contributed by atoms with Crippen molar-refractivity contribution in [1.29, 1.82) is 0 Å². The van der Waals surface area contributed by atoms with Gasteiger partial charge < -0.3 is 10.2 Å². The minimum atomic E-state index is -3.70. The first-order chi connectivity index (χ1) is 20.1. The smallest absolute Gasteiger partial charge is 0.243 e. The molecule has 1 N–H and O–H groups in total. The summed E-state index contributed by atoms with van der Waals surface area (Å²) in [5.41, 5.74) is 1.86. The van der Waals surface area contributed by atoms with Crippen molar-refractivity contribution < 1.29 is 26.8 Å². The van der Waals surface area contributed by atoms with Gasteiger partial charge in [0.25, 0.3) is 0 Å². The fourth-order valence-corrected chi connectivity index (χ4v) is 6.28. The van der Waals surface area contributed by atoms with Crippen molar-refractivity contribution in [3.05, 3.63) is 102 Å². The molecule has 1 atom stereocenters. The summed E-state index contributed by atoms with van der Waals surface area (Å²) in [6.07, 6.45) is 5.34. The summed E-state index contributed by atoms with van der Waals surface area (Å²) in [6.45, 7) is 0.0840. The van der Waals surface area contributed by atoms with Gasteiger partial charge in [0.1, 0.15) is 17.7 Å². The van der Waals surface area contributed by atoms with E-state index in [0.717, 1.165) is 41.8 Å². The van der Waals surface area contributed by atoms with Crippen LogP contribution >= 0.6 is 0 Å². The van der Waals surface area contributed by atoms with Gasteiger partial charge in [-0.25, -0.2) is 17.2 Å². The second kappa shape index (κ2) is 14.4. The van der Waals surface area contributed by atoms with Gasteiger partial charge in [-0.3, -0.25) is 13.9 Å². The van der Waals surface area contributed by atoms with Gasteiger partial charge in [-0.05, 0) is 66.8 Å². The van der Waals surface area contributed by atoms with Crippen molar-refractivity contribution in [2.45, 2.75) is 63.6 Å². The molecule has 0 saturated heterocycles. The summed E-state index contributed by atoms with van der Waals surface area (Å²) < 4.78 is 53.3. The van der Waals surface area contributed by atoms with E-state index in [1.807, 2.05) is 30.3 Å². The third kappa shape index (κ3) is 8.85. The molecule has 0 aromatic heterocycles. The van der Waals surface area contributed by atoms with E-state index >= 15 is 0 Å². The van der Waals surface area contributed by atoms with Crippen LogP contribution in [0.25, 0.3) is 0 Å². The van der Waals surface area contributed by atoms with E-state index in [2.05, 4.69) is 5.32 Å². The Bertz CT molecular complexity index is 1430. The van der Waals surface area contributed by atoms with Crippen LogP contribution in [0, 0.1) is 11.6 Å². The van der Waals surface area contributed by atoms with Gasteiger partial charge in [-0.2, -0.15) is 0 Å². The molecule has 3 aromatic carbocycles. The van der Waals surface area contributed by atoms with E-state index in [4.69, 9.17) is 0 Å². The quantitative estimate of drug-likeness (QED) is 0.293. The number of rotatable bonds is 13. The van der Waals surface area contributed by atoms with Crippen molar-refractivity contribution in [1.82, 2.24) is 10.2 Å². The molecule has 224 valence electrons. The number of carbonyl (C=O) groups is 2. The Kier molecular flexibility index (Phi) is 10.7. The standard InChI is InChI=1S/C32H37F2N3O4S/c1-42(40,41)37(29-19-17-27(34)18-20-29)21-7-12-31(38)36(23-25-13-15-26(33)16-14-25)30(22-24-8-3-2-4-9-24)32(39)35-28-10-5-6-11-28/h2-4,8-9,13-20,28,30H,5-7,10-12,21-23H2,1H3,(H,35,39)/t30-/m1/s1. The van der Waals surface area contributed by atoms with Gasteiger partial charge in [-0.15, -0.1) is 0 Å². The number of nitrogens with zero attached hydrogens (tertiary/aromatic N) is 2. The zero-order chi connectivity index (χ0) is 30.1. The van der Waals surface area contributed by atoms with Gasteiger partial charge in [0.15, 0.2) is 0 Å². The summed E-state index contributed by atoms with van der Waals surface area (Å²) >= 11 is 0. The first-order valence-corrected chi connectivity index (χ1v) is 16.1. The highest BCUT2D eigenvalue weighted by Gasteiger charge is 2.32. The van der Waals surface area contributed by atoms with Crippen LogP contribution in [0.1, 0.15) is 49.7 Å². The molecule has 0 spiro atoms. The fraction of sp³-hybridized carbons (Fsp3) is 0.375. The highest BCUT2D eigenvalue weighted by Crippen LogP contribution is 2.22. The first kappa shape index (κ1) is 31.2. The van der Waals surface area contributed by atoms with Crippen LogP contribution in [0.2, 0.25) is 0 Å². The van der Waals surface area contributed by atoms with Crippen molar-refractivity contribution in [3.8, 4) is 0 Å². The Hall–Kier alpha value is -3.79. The molecule has 0 heterocycles. The minimum absolute atomic E-state index is 0.00177. The lowest BCUT2D eigenvalue weighted by Crippen LogP contribution is -2.52. The van der Waals surface area contributed by atoms with Crippen LogP contribution in [-0.4, -0.2) is 50.0 Å². The van der Waals surface area contributed by atoms with E-state index in [1.165, 1.54) is 41.3 Å². The van der Waals surface area contributed by atoms with E-state index < -0.39 is 27.7 Å². The molecule has 42 heavy (non-hydrogen) atoms. The molecule has 2 amide bonds. The van der Waals surface area contributed by atoms with Crippen LogP contribution < -0.4 is 9.62 Å². The van der Waals surface area contributed by atoms with E-state index in [1.54, 1.807) is 12.1 Å². The molecule has 7 nitrogen and oxygen atoms in total. The predicted molar refractivity (Wildman–Crippen MR) is 159 cm³/mol. The number of amides is 2. The fourth-order valence-electron chi connectivity index (χ4n) is 5.32. The largest absolute Gasteiger partial charge is 0.352 e. The minimum Gasteiger partial charge on any atom is -0.352 e. The van der Waals surface area contributed by atoms with Crippen molar-refractivity contribution >= 4 is 27.5 Å². The van der Waals surface area contributed by atoms with Gasteiger partial charge in [-0.1, -0.05) is 55.3 Å². The number of anilines is 1. The molecule has 3 aromatic rings. The second-order valence-electron chi connectivity index (χ2n) is 10.8. The lowest BCUT2D eigenvalue weighted by molar-refractivity contribution is -0.141. The molecule has 10 heteroatoms. The van der Waals surface area contributed by atoms with Crippen molar-refractivity contribution in [2.75, 3.05) is 17.1 Å². The number of benzene rings is 3. The van der Waals surface area contributed by atoms with Gasteiger partial charge in [0.05, 0.1) is 11.9 Å². The van der Waals surface area contributed by atoms with Crippen LogP contribution in [0.15, 0.2) is 78.9 Å². The number of carbonyl (C=O) groups excluding carboxylic acids is 2. The summed E-state index contributed by atoms with van der Waals surface area (Å²) in [5, 5.41) is 3.14. The molecule has 1 aliphatic rings. The SMILES string of the molecule is CS(=O)(=O)N(CCCC(=O)N(Cc1ccc(F)cc1)[C@H](Cc1ccccc1)C(=O)NC1CCCC1)c1ccc(F)cc1. The molecule has 0 bridgehead atoms. The Morgan fingerprint density at radius 2 is 1.48 bits per heavy atom. The lowest BCUT2D eigenvalue weighted by atomic mass is 10.0. The Balaban J connectivity index is 1.57. The lowest BCUT2D eigenvalue weighted by Gasteiger charge is -2.33. The van der Waals surface area contributed by atoms with E-state index in [0.29, 0.717) is 11.3 Å². The van der Waals surface area contributed by atoms with Crippen molar-refractivity contribution in [3.63, 3.8) is 0 Å². The average molecular weight is 598 g/mol. The molecule has 1 aliphatic carbocycles. The summed E-state index contributed by atoms with van der Waals surface area (Å²) in [6, 6.07) is 19.6. The maximum absolute atomic E-state index is 13.9. The number of hydrogen-bond acceptors (Lipinski definition) is 4. The van der Waals surface area contributed by atoms with Gasteiger partial charge in [0, 0.05) is 32.0 Å². The van der Waals surface area contributed by atoms with E-state index in [9.17, 15) is 26.8 Å². The van der Waals surface area contributed by atoms with Gasteiger partial charge in [0.2, 0.25) is 21.8 Å². The Labute approximate surface area is 246 Å². The molecular weight excluding hydrogens is 560 g/mol. The van der Waals surface area contributed by atoms with Crippen LogP contribution in [0.3, 0.4) is 0 Å². The Morgan fingerprint density at radius 3 is 2.07 bits per heavy atom. The van der Waals surface area contributed by atoms with Gasteiger partial charge >= 0.3 is 0 Å². The normalized spacial score (nSPS) is 14.4.